The molecule has 3 rings (SSSR count). The number of hydrogen-bond donors (Lipinski definition) is 0. The van der Waals surface area contributed by atoms with Crippen molar-refractivity contribution in [2.24, 2.45) is 0 Å². The van der Waals surface area contributed by atoms with Gasteiger partial charge < -0.3 is 0 Å². The first-order chi connectivity index (χ1) is 10.4. The summed E-state index contributed by atoms with van der Waals surface area (Å²) in [5.41, 5.74) is 1.53. The van der Waals surface area contributed by atoms with Crippen molar-refractivity contribution in [1.29, 1.82) is 0 Å². The third kappa shape index (κ3) is 3.29. The van der Waals surface area contributed by atoms with Gasteiger partial charge in [-0.15, -0.1) is 0 Å². The van der Waals surface area contributed by atoms with Crippen LogP contribution in [0.5, 0.6) is 0 Å². The van der Waals surface area contributed by atoms with E-state index in [1.165, 1.54) is 59.2 Å². The minimum Gasteiger partial charge on any atom is -0.0928 e. The van der Waals surface area contributed by atoms with Crippen molar-refractivity contribution in [1.82, 2.24) is 0 Å². The zero-order valence-corrected chi connectivity index (χ0v) is 13.9. The molecule has 0 heterocycles. The lowest BCUT2D eigenvalue weighted by atomic mass is 9.93. The van der Waals surface area contributed by atoms with E-state index in [0.29, 0.717) is 0 Å². The summed E-state index contributed by atoms with van der Waals surface area (Å²) in [6.45, 7) is 0. The molecule has 3 aromatic rings. The first kappa shape index (κ1) is 14.6. The molecule has 108 valence electrons. The molecule has 0 radical (unpaired) electrons. The second-order valence-corrected chi connectivity index (χ2v) is 6.44. The van der Waals surface area contributed by atoms with Crippen molar-refractivity contribution in [3.8, 4) is 0 Å². The van der Waals surface area contributed by atoms with E-state index in [4.69, 9.17) is 0 Å². The lowest BCUT2D eigenvalue weighted by Crippen LogP contribution is -1.91. The van der Waals surface area contributed by atoms with Crippen molar-refractivity contribution >= 4 is 37.5 Å². The topological polar surface area (TPSA) is 0 Å². The van der Waals surface area contributed by atoms with Gasteiger partial charge >= 0.3 is 0 Å². The Hall–Kier alpha value is -1.34. The average Bonchev–Trinajstić information content (AvgIpc) is 2.53. The number of unbranched alkanes of at least 4 members (excludes halogenated alkanes) is 3. The van der Waals surface area contributed by atoms with Crippen LogP contribution in [0.4, 0.5) is 0 Å². The Labute approximate surface area is 135 Å². The van der Waals surface area contributed by atoms with Crippen molar-refractivity contribution in [2.45, 2.75) is 32.1 Å². The molecule has 0 amide bonds. The highest BCUT2D eigenvalue weighted by Crippen LogP contribution is 2.29. The molecule has 0 N–H and O–H groups in total. The van der Waals surface area contributed by atoms with Crippen LogP contribution < -0.4 is 0 Å². The summed E-state index contributed by atoms with van der Waals surface area (Å²) in [6.07, 6.45) is 6.41. The smallest absolute Gasteiger partial charge is 0.00313 e. The number of alkyl halides is 1. The first-order valence-electron chi connectivity index (χ1n) is 7.85. The first-order valence-corrected chi connectivity index (χ1v) is 8.97. The van der Waals surface area contributed by atoms with Gasteiger partial charge in [0.25, 0.3) is 0 Å². The van der Waals surface area contributed by atoms with E-state index in [1.807, 2.05) is 0 Å². The molecule has 0 aromatic heterocycles. The van der Waals surface area contributed by atoms with E-state index in [-0.39, 0.29) is 0 Å². The van der Waals surface area contributed by atoms with Gasteiger partial charge in [0, 0.05) is 5.33 Å². The Morgan fingerprint density at radius 2 is 1.24 bits per heavy atom. The van der Waals surface area contributed by atoms with Gasteiger partial charge in [0.15, 0.2) is 0 Å². The molecule has 0 aliphatic rings. The number of fused-ring (bicyclic) bond motifs is 2. The largest absolute Gasteiger partial charge is 0.0928 e. The van der Waals surface area contributed by atoms with E-state index >= 15 is 0 Å². The average molecular weight is 341 g/mol. The zero-order valence-electron chi connectivity index (χ0n) is 12.3. The number of aryl methyl sites for hydroxylation is 1. The van der Waals surface area contributed by atoms with Crippen LogP contribution in [-0.4, -0.2) is 5.33 Å². The van der Waals surface area contributed by atoms with Crippen molar-refractivity contribution in [2.75, 3.05) is 5.33 Å². The van der Waals surface area contributed by atoms with Gasteiger partial charge in [0.1, 0.15) is 0 Å². The van der Waals surface area contributed by atoms with Crippen LogP contribution in [0.25, 0.3) is 21.5 Å². The maximum Gasteiger partial charge on any atom is 0.00313 e. The van der Waals surface area contributed by atoms with Crippen LogP contribution >= 0.6 is 15.9 Å². The molecule has 0 fully saturated rings. The summed E-state index contributed by atoms with van der Waals surface area (Å²) < 4.78 is 0. The Morgan fingerprint density at radius 1 is 0.667 bits per heavy atom. The summed E-state index contributed by atoms with van der Waals surface area (Å²) in [4.78, 5) is 0. The number of halogens is 1. The van der Waals surface area contributed by atoms with Gasteiger partial charge in [0.2, 0.25) is 0 Å². The fraction of sp³-hybridized carbons (Fsp3) is 0.300. The normalized spacial score (nSPS) is 11.3. The maximum absolute atomic E-state index is 3.51. The molecule has 0 bridgehead atoms. The molecule has 21 heavy (non-hydrogen) atoms. The lowest BCUT2D eigenvalue weighted by Gasteiger charge is -2.11. The molecule has 0 saturated heterocycles. The van der Waals surface area contributed by atoms with E-state index in [1.54, 1.807) is 0 Å². The van der Waals surface area contributed by atoms with Gasteiger partial charge in [-0.2, -0.15) is 0 Å². The Morgan fingerprint density at radius 3 is 1.86 bits per heavy atom. The van der Waals surface area contributed by atoms with Crippen LogP contribution in [0.2, 0.25) is 0 Å². The lowest BCUT2D eigenvalue weighted by molar-refractivity contribution is 0.674. The fourth-order valence-corrected chi connectivity index (χ4v) is 3.52. The molecular weight excluding hydrogens is 320 g/mol. The van der Waals surface area contributed by atoms with E-state index < -0.39 is 0 Å². The highest BCUT2D eigenvalue weighted by atomic mass is 79.9. The predicted molar refractivity (Wildman–Crippen MR) is 97.4 cm³/mol. The number of benzene rings is 3. The third-order valence-corrected chi connectivity index (χ3v) is 4.75. The molecule has 0 aliphatic heterocycles. The molecule has 3 aromatic carbocycles. The second-order valence-electron chi connectivity index (χ2n) is 5.65. The zero-order chi connectivity index (χ0) is 14.5. The Kier molecular flexibility index (Phi) is 4.92. The van der Waals surface area contributed by atoms with E-state index in [0.717, 1.165) is 5.33 Å². The predicted octanol–water partition coefficient (Wildman–Crippen LogP) is 6.49. The quantitative estimate of drug-likeness (QED) is 0.273. The fourth-order valence-electron chi connectivity index (χ4n) is 3.13. The SMILES string of the molecule is BrCCCCCCc1c2ccccc2cc2ccccc12. The third-order valence-electron chi connectivity index (χ3n) is 4.19. The van der Waals surface area contributed by atoms with Crippen molar-refractivity contribution in [3.05, 3.63) is 60.2 Å². The molecule has 0 nitrogen and oxygen atoms in total. The summed E-state index contributed by atoms with van der Waals surface area (Å²) in [5.74, 6) is 0. The summed E-state index contributed by atoms with van der Waals surface area (Å²) in [6, 6.07) is 19.9. The molecule has 0 atom stereocenters. The van der Waals surface area contributed by atoms with Crippen LogP contribution in [0.1, 0.15) is 31.2 Å². The van der Waals surface area contributed by atoms with Crippen molar-refractivity contribution < 1.29 is 0 Å². The molecule has 0 spiro atoms. The van der Waals surface area contributed by atoms with Gasteiger partial charge in [-0.3, -0.25) is 0 Å². The Balaban J connectivity index is 1.96. The minimum atomic E-state index is 1.13. The monoisotopic (exact) mass is 340 g/mol. The van der Waals surface area contributed by atoms with E-state index in [2.05, 4.69) is 70.5 Å². The minimum absolute atomic E-state index is 1.13. The van der Waals surface area contributed by atoms with Crippen LogP contribution in [0.15, 0.2) is 54.6 Å². The van der Waals surface area contributed by atoms with Crippen molar-refractivity contribution in [3.63, 3.8) is 0 Å². The van der Waals surface area contributed by atoms with Gasteiger partial charge in [-0.25, -0.2) is 0 Å². The molecular formula is C20H21Br. The van der Waals surface area contributed by atoms with Gasteiger partial charge in [-0.05, 0) is 52.4 Å². The van der Waals surface area contributed by atoms with Gasteiger partial charge in [0.05, 0.1) is 0 Å². The highest BCUT2D eigenvalue weighted by Gasteiger charge is 2.06. The maximum atomic E-state index is 3.51. The number of rotatable bonds is 6. The van der Waals surface area contributed by atoms with Gasteiger partial charge in [-0.1, -0.05) is 77.3 Å². The molecule has 1 heteroatoms. The molecule has 0 unspecified atom stereocenters. The second kappa shape index (κ2) is 7.09. The van der Waals surface area contributed by atoms with Crippen LogP contribution in [-0.2, 0) is 6.42 Å². The highest BCUT2D eigenvalue weighted by molar-refractivity contribution is 9.09. The number of hydrogen-bond acceptors (Lipinski definition) is 0. The Bertz CT molecular complexity index is 676. The molecule has 0 saturated carbocycles. The van der Waals surface area contributed by atoms with E-state index in [9.17, 15) is 0 Å². The summed E-state index contributed by atoms with van der Waals surface area (Å²) in [7, 11) is 0. The summed E-state index contributed by atoms with van der Waals surface area (Å²) >= 11 is 3.51. The van der Waals surface area contributed by atoms with Crippen LogP contribution in [0, 0.1) is 0 Å². The van der Waals surface area contributed by atoms with Crippen LogP contribution in [0.3, 0.4) is 0 Å². The standard InChI is InChI=1S/C20H21Br/c21-14-8-2-1-3-13-20-18-11-6-4-9-16(18)15-17-10-5-7-12-19(17)20/h4-7,9-12,15H,1-3,8,13-14H2. The summed E-state index contributed by atoms with van der Waals surface area (Å²) in [5, 5.41) is 6.72. The molecule has 0 aliphatic carbocycles.